The summed E-state index contributed by atoms with van der Waals surface area (Å²) < 4.78 is 4.87. The summed E-state index contributed by atoms with van der Waals surface area (Å²) in [6, 6.07) is 4.41. The third kappa shape index (κ3) is 2.86. The van der Waals surface area contributed by atoms with E-state index < -0.39 is 6.03 Å². The molecule has 0 aliphatic heterocycles. The molecule has 0 aromatic carbocycles. The highest BCUT2D eigenvalue weighted by Gasteiger charge is 1.96. The summed E-state index contributed by atoms with van der Waals surface area (Å²) in [5, 5.41) is 0. The molecule has 13 heavy (non-hydrogen) atoms. The van der Waals surface area contributed by atoms with Crippen LogP contribution in [-0.4, -0.2) is 18.1 Å². The van der Waals surface area contributed by atoms with E-state index >= 15 is 0 Å². The van der Waals surface area contributed by atoms with Crippen molar-refractivity contribution in [3.05, 3.63) is 18.2 Å². The van der Waals surface area contributed by atoms with E-state index in [2.05, 4.69) is 15.8 Å². The summed E-state index contributed by atoms with van der Waals surface area (Å²) in [6.07, 6.45) is 0. The quantitative estimate of drug-likeness (QED) is 0.578. The number of hydrogen-bond donors (Lipinski definition) is 3. The minimum absolute atomic E-state index is 0.455. The Balaban J connectivity index is 2.61. The van der Waals surface area contributed by atoms with E-state index in [0.717, 1.165) is 0 Å². The summed E-state index contributed by atoms with van der Waals surface area (Å²) in [5.74, 6) is 0.912. The van der Waals surface area contributed by atoms with Crippen molar-refractivity contribution in [1.29, 1.82) is 0 Å². The van der Waals surface area contributed by atoms with Crippen molar-refractivity contribution in [3.63, 3.8) is 0 Å². The second kappa shape index (κ2) is 4.15. The summed E-state index contributed by atoms with van der Waals surface area (Å²) >= 11 is 0. The number of anilines is 1. The summed E-state index contributed by atoms with van der Waals surface area (Å²) in [7, 11) is 1.51. The molecule has 4 N–H and O–H groups in total. The highest BCUT2D eigenvalue weighted by molar-refractivity contribution is 5.73. The average molecular weight is 182 g/mol. The van der Waals surface area contributed by atoms with E-state index in [-0.39, 0.29) is 0 Å². The van der Waals surface area contributed by atoms with Crippen molar-refractivity contribution in [2.75, 3.05) is 12.5 Å². The number of carbonyl (C=O) groups excluding carboxylic acids is 1. The molecule has 1 aromatic heterocycles. The number of rotatable bonds is 3. The Kier molecular flexibility index (Phi) is 2.91. The van der Waals surface area contributed by atoms with E-state index in [1.165, 1.54) is 7.11 Å². The number of amides is 2. The van der Waals surface area contributed by atoms with Gasteiger partial charge in [0.15, 0.2) is 0 Å². The predicted molar refractivity (Wildman–Crippen MR) is 47.1 cm³/mol. The van der Waals surface area contributed by atoms with Crippen LogP contribution >= 0.6 is 0 Å². The number of primary amides is 1. The Morgan fingerprint density at radius 2 is 2.38 bits per heavy atom. The number of nitrogens with zero attached hydrogens (tertiary/aromatic N) is 1. The van der Waals surface area contributed by atoms with Crippen LogP contribution in [0.4, 0.5) is 10.6 Å². The Morgan fingerprint density at radius 3 is 3.00 bits per heavy atom. The number of pyridine rings is 1. The molecule has 6 nitrogen and oxygen atoms in total. The monoisotopic (exact) mass is 182 g/mol. The Morgan fingerprint density at radius 1 is 1.62 bits per heavy atom. The maximum Gasteiger partial charge on any atom is 0.330 e. The van der Waals surface area contributed by atoms with E-state index in [0.29, 0.717) is 11.7 Å². The standard InChI is InChI=1S/C7H10N4O2/c1-13-6-4-2-3-5(9-6)10-11-7(8)12/h2-4H,1H3,(H,9,10)(H3,8,11,12). The molecule has 0 fully saturated rings. The van der Waals surface area contributed by atoms with Crippen LogP contribution in [-0.2, 0) is 0 Å². The number of carbonyl (C=O) groups is 1. The van der Waals surface area contributed by atoms with Gasteiger partial charge in [-0.15, -0.1) is 0 Å². The second-order valence-electron chi connectivity index (χ2n) is 2.18. The van der Waals surface area contributed by atoms with Gasteiger partial charge in [0.05, 0.1) is 7.11 Å². The molecule has 1 aromatic rings. The molecule has 0 unspecified atom stereocenters. The number of nitrogens with two attached hydrogens (primary N) is 1. The van der Waals surface area contributed by atoms with Gasteiger partial charge in [-0.1, -0.05) is 6.07 Å². The molecule has 0 aliphatic carbocycles. The normalized spacial score (nSPS) is 9.00. The largest absolute Gasteiger partial charge is 0.481 e. The zero-order chi connectivity index (χ0) is 9.68. The lowest BCUT2D eigenvalue weighted by molar-refractivity contribution is 0.250. The Labute approximate surface area is 75.1 Å². The van der Waals surface area contributed by atoms with Crippen LogP contribution in [0.2, 0.25) is 0 Å². The second-order valence-corrected chi connectivity index (χ2v) is 2.18. The van der Waals surface area contributed by atoms with E-state index in [9.17, 15) is 4.79 Å². The van der Waals surface area contributed by atoms with Crippen LogP contribution in [0.5, 0.6) is 5.88 Å². The first-order valence-corrected chi connectivity index (χ1v) is 3.55. The van der Waals surface area contributed by atoms with Crippen molar-refractivity contribution < 1.29 is 9.53 Å². The fraction of sp³-hybridized carbons (Fsp3) is 0.143. The van der Waals surface area contributed by atoms with Gasteiger partial charge >= 0.3 is 6.03 Å². The van der Waals surface area contributed by atoms with Gasteiger partial charge in [0.25, 0.3) is 0 Å². The van der Waals surface area contributed by atoms with Gasteiger partial charge in [-0.05, 0) is 6.07 Å². The maximum absolute atomic E-state index is 10.3. The molecule has 0 atom stereocenters. The van der Waals surface area contributed by atoms with Crippen molar-refractivity contribution in [1.82, 2.24) is 10.4 Å². The van der Waals surface area contributed by atoms with Crippen LogP contribution in [0.15, 0.2) is 18.2 Å². The first kappa shape index (κ1) is 9.11. The van der Waals surface area contributed by atoms with Gasteiger partial charge in [0.1, 0.15) is 5.82 Å². The summed E-state index contributed by atoms with van der Waals surface area (Å²) in [4.78, 5) is 14.3. The van der Waals surface area contributed by atoms with Crippen molar-refractivity contribution >= 4 is 11.8 Å². The smallest absolute Gasteiger partial charge is 0.330 e. The molecule has 0 spiro atoms. The van der Waals surface area contributed by atoms with E-state index in [1.54, 1.807) is 18.2 Å². The molecule has 1 heterocycles. The van der Waals surface area contributed by atoms with E-state index in [1.807, 2.05) is 0 Å². The Hall–Kier alpha value is -1.98. The van der Waals surface area contributed by atoms with Crippen LogP contribution in [0.25, 0.3) is 0 Å². The molecule has 70 valence electrons. The van der Waals surface area contributed by atoms with Crippen molar-refractivity contribution in [2.24, 2.45) is 5.73 Å². The first-order chi connectivity index (χ1) is 6.22. The Bertz CT molecular complexity index is 302. The highest BCUT2D eigenvalue weighted by Crippen LogP contribution is 2.09. The molecule has 2 amide bonds. The molecular weight excluding hydrogens is 172 g/mol. The average Bonchev–Trinajstić information content (AvgIpc) is 2.15. The third-order valence-corrected chi connectivity index (χ3v) is 1.25. The van der Waals surface area contributed by atoms with Crippen LogP contribution < -0.4 is 21.3 Å². The van der Waals surface area contributed by atoms with Crippen LogP contribution in [0, 0.1) is 0 Å². The van der Waals surface area contributed by atoms with Gasteiger partial charge in [0, 0.05) is 6.07 Å². The van der Waals surface area contributed by atoms with Crippen LogP contribution in [0.1, 0.15) is 0 Å². The molecule has 0 radical (unpaired) electrons. The number of hydrogen-bond acceptors (Lipinski definition) is 4. The predicted octanol–water partition coefficient (Wildman–Crippen LogP) is 0.0854. The van der Waals surface area contributed by atoms with Crippen molar-refractivity contribution in [2.45, 2.75) is 0 Å². The number of aromatic nitrogens is 1. The fourth-order valence-electron chi connectivity index (χ4n) is 0.724. The van der Waals surface area contributed by atoms with Crippen molar-refractivity contribution in [3.8, 4) is 5.88 Å². The molecule has 0 saturated heterocycles. The highest BCUT2D eigenvalue weighted by atomic mass is 16.5. The lowest BCUT2D eigenvalue weighted by atomic mass is 10.4. The summed E-state index contributed by atoms with van der Waals surface area (Å²) in [6.45, 7) is 0. The van der Waals surface area contributed by atoms with E-state index in [4.69, 9.17) is 10.5 Å². The number of methoxy groups -OCH3 is 1. The van der Waals surface area contributed by atoms with Gasteiger partial charge in [-0.25, -0.2) is 4.79 Å². The molecule has 1 rings (SSSR count). The van der Waals surface area contributed by atoms with Gasteiger partial charge in [-0.2, -0.15) is 4.98 Å². The zero-order valence-corrected chi connectivity index (χ0v) is 7.07. The molecule has 0 saturated carbocycles. The number of nitrogens with one attached hydrogen (secondary N) is 2. The lowest BCUT2D eigenvalue weighted by Crippen LogP contribution is -2.34. The van der Waals surface area contributed by atoms with Gasteiger partial charge in [-0.3, -0.25) is 10.9 Å². The number of ether oxygens (including phenoxy) is 1. The molecular formula is C7H10N4O2. The van der Waals surface area contributed by atoms with Gasteiger partial charge in [0.2, 0.25) is 5.88 Å². The maximum atomic E-state index is 10.3. The SMILES string of the molecule is COc1cccc(NNC(N)=O)n1. The topological polar surface area (TPSA) is 89.3 Å². The third-order valence-electron chi connectivity index (χ3n) is 1.25. The summed E-state index contributed by atoms with van der Waals surface area (Å²) in [5.41, 5.74) is 9.53. The number of hydrazine groups is 1. The molecule has 6 heteroatoms. The molecule has 0 bridgehead atoms. The fourth-order valence-corrected chi connectivity index (χ4v) is 0.724. The minimum Gasteiger partial charge on any atom is -0.481 e. The number of urea groups is 1. The lowest BCUT2D eigenvalue weighted by Gasteiger charge is -2.05. The van der Waals surface area contributed by atoms with Gasteiger partial charge < -0.3 is 10.5 Å². The first-order valence-electron chi connectivity index (χ1n) is 3.55. The zero-order valence-electron chi connectivity index (χ0n) is 7.07. The molecule has 0 aliphatic rings. The van der Waals surface area contributed by atoms with Crippen LogP contribution in [0.3, 0.4) is 0 Å². The minimum atomic E-state index is -0.676.